The molecule has 0 aliphatic rings. The Balaban J connectivity index is 2.90. The van der Waals surface area contributed by atoms with Crippen molar-refractivity contribution in [1.82, 2.24) is 9.97 Å². The van der Waals surface area contributed by atoms with Crippen molar-refractivity contribution in [3.05, 3.63) is 35.4 Å². The van der Waals surface area contributed by atoms with E-state index in [1.165, 1.54) is 0 Å². The van der Waals surface area contributed by atoms with E-state index in [0.29, 0.717) is 11.5 Å². The van der Waals surface area contributed by atoms with E-state index in [9.17, 15) is 4.21 Å². The van der Waals surface area contributed by atoms with Crippen molar-refractivity contribution < 1.29 is 4.21 Å². The lowest BCUT2D eigenvalue weighted by Crippen LogP contribution is -2.07. The van der Waals surface area contributed by atoms with Crippen LogP contribution < -0.4 is 0 Å². The first-order valence-electron chi connectivity index (χ1n) is 4.81. The van der Waals surface area contributed by atoms with Gasteiger partial charge in [0.25, 0.3) is 0 Å². The van der Waals surface area contributed by atoms with Crippen LogP contribution in [0.5, 0.6) is 0 Å². The van der Waals surface area contributed by atoms with Crippen molar-refractivity contribution in [2.45, 2.75) is 26.5 Å². The normalized spacial score (nSPS) is 12.5. The standard InChI is InChI=1S/C11H16N2OS/c1-5-6-15(14)7-11-10(4)12-8(2)9(3)13-11/h5H,1,6-7H2,2-4H3. The summed E-state index contributed by atoms with van der Waals surface area (Å²) in [5.41, 5.74) is 3.55. The molecule has 15 heavy (non-hydrogen) atoms. The third kappa shape index (κ3) is 3.23. The van der Waals surface area contributed by atoms with Gasteiger partial charge in [0.05, 0.1) is 28.5 Å². The van der Waals surface area contributed by atoms with Crippen LogP contribution in [0.3, 0.4) is 0 Å². The summed E-state index contributed by atoms with van der Waals surface area (Å²) in [6.45, 7) is 9.32. The van der Waals surface area contributed by atoms with Crippen LogP contribution in [0.4, 0.5) is 0 Å². The van der Waals surface area contributed by atoms with E-state index in [-0.39, 0.29) is 0 Å². The Bertz CT molecular complexity index is 402. The first kappa shape index (κ1) is 12.0. The number of aryl methyl sites for hydroxylation is 3. The van der Waals surface area contributed by atoms with Crippen LogP contribution in [0.15, 0.2) is 12.7 Å². The van der Waals surface area contributed by atoms with Gasteiger partial charge in [-0.15, -0.1) is 6.58 Å². The molecule has 1 atom stereocenters. The maximum absolute atomic E-state index is 11.5. The van der Waals surface area contributed by atoms with Crippen molar-refractivity contribution in [2.24, 2.45) is 0 Å². The van der Waals surface area contributed by atoms with E-state index in [0.717, 1.165) is 22.8 Å². The molecule has 1 aromatic heterocycles. The van der Waals surface area contributed by atoms with Crippen LogP contribution in [0, 0.1) is 20.8 Å². The van der Waals surface area contributed by atoms with Crippen LogP contribution in [0.2, 0.25) is 0 Å². The summed E-state index contributed by atoms with van der Waals surface area (Å²) in [6.07, 6.45) is 1.67. The van der Waals surface area contributed by atoms with Gasteiger partial charge in [-0.3, -0.25) is 14.2 Å². The van der Waals surface area contributed by atoms with Crippen molar-refractivity contribution in [1.29, 1.82) is 0 Å². The van der Waals surface area contributed by atoms with Crippen LogP contribution >= 0.6 is 0 Å². The van der Waals surface area contributed by atoms with E-state index in [4.69, 9.17) is 0 Å². The molecule has 0 N–H and O–H groups in total. The number of aromatic nitrogens is 2. The highest BCUT2D eigenvalue weighted by atomic mass is 32.2. The maximum atomic E-state index is 11.5. The predicted octanol–water partition coefficient (Wildman–Crippen LogP) is 1.84. The van der Waals surface area contributed by atoms with Gasteiger partial charge in [-0.1, -0.05) is 6.08 Å². The molecule has 4 heteroatoms. The minimum absolute atomic E-state index is 0.464. The molecule has 0 fully saturated rings. The summed E-state index contributed by atoms with van der Waals surface area (Å²) in [5.74, 6) is 0.972. The van der Waals surface area contributed by atoms with Gasteiger partial charge in [0.2, 0.25) is 0 Å². The minimum atomic E-state index is -0.917. The molecule has 3 nitrogen and oxygen atoms in total. The molecule has 0 saturated heterocycles. The Morgan fingerprint density at radius 3 is 2.40 bits per heavy atom. The average molecular weight is 224 g/mol. The Morgan fingerprint density at radius 1 is 1.20 bits per heavy atom. The molecule has 1 unspecified atom stereocenters. The van der Waals surface area contributed by atoms with Gasteiger partial charge in [0, 0.05) is 16.6 Å². The summed E-state index contributed by atoms with van der Waals surface area (Å²) >= 11 is 0. The Morgan fingerprint density at radius 2 is 1.80 bits per heavy atom. The summed E-state index contributed by atoms with van der Waals surface area (Å²) in [4.78, 5) is 8.77. The lowest BCUT2D eigenvalue weighted by atomic mass is 10.3. The lowest BCUT2D eigenvalue weighted by Gasteiger charge is -2.06. The highest BCUT2D eigenvalue weighted by Gasteiger charge is 2.08. The predicted molar refractivity (Wildman–Crippen MR) is 63.2 cm³/mol. The molecular weight excluding hydrogens is 208 g/mol. The highest BCUT2D eigenvalue weighted by molar-refractivity contribution is 7.84. The average Bonchev–Trinajstić information content (AvgIpc) is 2.14. The molecule has 1 rings (SSSR count). The van der Waals surface area contributed by atoms with Crippen LogP contribution in [-0.4, -0.2) is 19.9 Å². The second-order valence-corrected chi connectivity index (χ2v) is 4.97. The fourth-order valence-corrected chi connectivity index (χ4v) is 2.20. The first-order chi connectivity index (χ1) is 7.04. The molecule has 82 valence electrons. The highest BCUT2D eigenvalue weighted by Crippen LogP contribution is 2.09. The van der Waals surface area contributed by atoms with E-state index in [1.54, 1.807) is 6.08 Å². The summed E-state index contributed by atoms with van der Waals surface area (Å²) < 4.78 is 11.5. The zero-order valence-electron chi connectivity index (χ0n) is 9.41. The molecule has 0 amide bonds. The summed E-state index contributed by atoms with van der Waals surface area (Å²) in [7, 11) is -0.917. The smallest absolute Gasteiger partial charge is 0.0744 e. The fourth-order valence-electron chi connectivity index (χ4n) is 1.24. The quantitative estimate of drug-likeness (QED) is 0.733. The second kappa shape index (κ2) is 5.16. The topological polar surface area (TPSA) is 42.9 Å². The third-order valence-electron chi connectivity index (χ3n) is 2.18. The maximum Gasteiger partial charge on any atom is 0.0744 e. The van der Waals surface area contributed by atoms with Crippen molar-refractivity contribution in [3.8, 4) is 0 Å². The van der Waals surface area contributed by atoms with Gasteiger partial charge in [-0.05, 0) is 20.8 Å². The summed E-state index contributed by atoms with van der Waals surface area (Å²) in [5, 5.41) is 0. The molecule has 0 saturated carbocycles. The molecule has 1 aromatic rings. The van der Waals surface area contributed by atoms with Gasteiger partial charge in [-0.2, -0.15) is 0 Å². The largest absolute Gasteiger partial charge is 0.259 e. The summed E-state index contributed by atoms with van der Waals surface area (Å²) in [6, 6.07) is 0. The van der Waals surface area contributed by atoms with Crippen LogP contribution in [0.25, 0.3) is 0 Å². The Labute approximate surface area is 93.1 Å². The zero-order chi connectivity index (χ0) is 11.4. The number of hydrogen-bond acceptors (Lipinski definition) is 3. The van der Waals surface area contributed by atoms with E-state index in [2.05, 4.69) is 16.5 Å². The lowest BCUT2D eigenvalue weighted by molar-refractivity contribution is 0.683. The Hall–Kier alpha value is -1.03. The molecule has 0 spiro atoms. The molecule has 0 radical (unpaired) electrons. The van der Waals surface area contributed by atoms with E-state index >= 15 is 0 Å². The molecule has 0 aliphatic carbocycles. The van der Waals surface area contributed by atoms with Crippen molar-refractivity contribution >= 4 is 10.8 Å². The minimum Gasteiger partial charge on any atom is -0.259 e. The van der Waals surface area contributed by atoms with Gasteiger partial charge >= 0.3 is 0 Å². The number of rotatable bonds is 4. The SMILES string of the molecule is C=CCS(=O)Cc1nc(C)c(C)nc1C. The van der Waals surface area contributed by atoms with E-state index in [1.807, 2.05) is 20.8 Å². The van der Waals surface area contributed by atoms with Crippen molar-refractivity contribution in [2.75, 3.05) is 5.75 Å². The second-order valence-electron chi connectivity index (χ2n) is 3.47. The van der Waals surface area contributed by atoms with Gasteiger partial charge in [0.1, 0.15) is 0 Å². The van der Waals surface area contributed by atoms with Gasteiger partial charge in [0.15, 0.2) is 0 Å². The molecule has 0 aliphatic heterocycles. The van der Waals surface area contributed by atoms with Gasteiger partial charge < -0.3 is 0 Å². The molecule has 1 heterocycles. The first-order valence-corrected chi connectivity index (χ1v) is 6.30. The van der Waals surface area contributed by atoms with Crippen molar-refractivity contribution in [3.63, 3.8) is 0 Å². The number of hydrogen-bond donors (Lipinski definition) is 0. The van der Waals surface area contributed by atoms with Crippen LogP contribution in [-0.2, 0) is 16.6 Å². The molecular formula is C11H16N2OS. The fraction of sp³-hybridized carbons (Fsp3) is 0.455. The van der Waals surface area contributed by atoms with E-state index < -0.39 is 10.8 Å². The third-order valence-corrected chi connectivity index (χ3v) is 3.38. The number of nitrogens with zero attached hydrogens (tertiary/aromatic N) is 2. The van der Waals surface area contributed by atoms with Gasteiger partial charge in [-0.25, -0.2) is 0 Å². The monoisotopic (exact) mass is 224 g/mol. The van der Waals surface area contributed by atoms with Crippen LogP contribution in [0.1, 0.15) is 22.8 Å². The molecule has 0 bridgehead atoms. The zero-order valence-corrected chi connectivity index (χ0v) is 10.2. The Kier molecular flexibility index (Phi) is 4.15. The molecule has 0 aromatic carbocycles.